The van der Waals surface area contributed by atoms with E-state index in [4.69, 9.17) is 4.74 Å². The minimum atomic E-state index is -0.263. The van der Waals surface area contributed by atoms with Gasteiger partial charge in [-0.05, 0) is 71.0 Å². The monoisotopic (exact) mass is 432 g/mol. The van der Waals surface area contributed by atoms with Gasteiger partial charge in [-0.3, -0.25) is 10.1 Å². The van der Waals surface area contributed by atoms with Gasteiger partial charge in [-0.15, -0.1) is 0 Å². The largest absolute Gasteiger partial charge is 0.351 e. The fourth-order valence-corrected chi connectivity index (χ4v) is 4.90. The zero-order chi connectivity index (χ0) is 23.0. The number of carbonyl (C=O) groups is 1. The molecular formula is C27H48N2O2. The Morgan fingerprint density at radius 2 is 1.84 bits per heavy atom. The van der Waals surface area contributed by atoms with Crippen LogP contribution >= 0.6 is 0 Å². The molecule has 3 unspecified atom stereocenters. The maximum absolute atomic E-state index is 13.8. The Morgan fingerprint density at radius 3 is 2.42 bits per heavy atom. The Bertz CT molecular complexity index is 682. The van der Waals surface area contributed by atoms with E-state index in [1.807, 2.05) is 45.0 Å². The number of aryl methyl sites for hydroxylation is 1. The molecule has 1 aliphatic carbocycles. The van der Waals surface area contributed by atoms with Crippen LogP contribution in [-0.2, 0) is 4.74 Å². The first-order valence-electron chi connectivity index (χ1n) is 12.6. The summed E-state index contributed by atoms with van der Waals surface area (Å²) in [7, 11) is 0. The van der Waals surface area contributed by atoms with Crippen molar-refractivity contribution in [3.8, 4) is 0 Å². The quantitative estimate of drug-likeness (QED) is 0.373. The topological polar surface area (TPSA) is 44.9 Å². The molecule has 0 bridgehead atoms. The number of rotatable bonds is 8. The van der Waals surface area contributed by atoms with Gasteiger partial charge in [0.05, 0.1) is 6.04 Å². The average Bonchev–Trinajstić information content (AvgIpc) is 3.52. The Hall–Kier alpha value is -1.39. The lowest BCUT2D eigenvalue weighted by atomic mass is 9.80. The van der Waals surface area contributed by atoms with E-state index in [0.29, 0.717) is 5.92 Å². The Labute approximate surface area is 192 Å². The van der Waals surface area contributed by atoms with Crippen molar-refractivity contribution in [1.82, 2.24) is 10.2 Å². The molecule has 31 heavy (non-hydrogen) atoms. The molecule has 3 atom stereocenters. The molecule has 1 aliphatic heterocycles. The van der Waals surface area contributed by atoms with Gasteiger partial charge in [0.25, 0.3) is 5.91 Å². The molecule has 178 valence electrons. The molecule has 1 amide bonds. The van der Waals surface area contributed by atoms with Crippen molar-refractivity contribution in [1.29, 1.82) is 0 Å². The second-order valence-corrected chi connectivity index (χ2v) is 9.88. The van der Waals surface area contributed by atoms with Crippen LogP contribution in [-0.4, -0.2) is 41.3 Å². The minimum Gasteiger partial charge on any atom is -0.351 e. The highest BCUT2D eigenvalue weighted by atomic mass is 16.6. The second-order valence-electron chi connectivity index (χ2n) is 9.88. The fourth-order valence-electron chi connectivity index (χ4n) is 4.90. The van der Waals surface area contributed by atoms with Gasteiger partial charge in [-0.1, -0.05) is 64.7 Å². The van der Waals surface area contributed by atoms with Gasteiger partial charge < -0.3 is 9.64 Å². The summed E-state index contributed by atoms with van der Waals surface area (Å²) >= 11 is 0. The smallest absolute Gasteiger partial charge is 0.254 e. The predicted molar refractivity (Wildman–Crippen MR) is 132 cm³/mol. The number of benzene rings is 1. The van der Waals surface area contributed by atoms with Gasteiger partial charge in [-0.2, -0.15) is 0 Å². The normalized spacial score (nSPS) is 22.3. The van der Waals surface area contributed by atoms with Crippen LogP contribution in [0.3, 0.4) is 0 Å². The maximum atomic E-state index is 13.8. The summed E-state index contributed by atoms with van der Waals surface area (Å²) in [6.45, 7) is 15.7. The zero-order valence-corrected chi connectivity index (χ0v) is 21.0. The number of hydrogen-bond acceptors (Lipinski definition) is 3. The number of ether oxygens (including phenoxy) is 1. The SMILES string of the molecule is CC.CCCCNC1OC1C(C1CCCCC1)N(C(=O)c1ccccc1C)C(C)(C)C.[HH]. The van der Waals surface area contributed by atoms with Crippen molar-refractivity contribution < 1.29 is 11.0 Å². The highest BCUT2D eigenvalue weighted by Gasteiger charge is 2.53. The molecule has 1 heterocycles. The fraction of sp³-hybridized carbons (Fsp3) is 0.741. The molecule has 4 nitrogen and oxygen atoms in total. The van der Waals surface area contributed by atoms with Crippen molar-refractivity contribution in [3.63, 3.8) is 0 Å². The van der Waals surface area contributed by atoms with Gasteiger partial charge >= 0.3 is 0 Å². The van der Waals surface area contributed by atoms with Crippen LogP contribution in [0.25, 0.3) is 0 Å². The molecule has 1 aromatic rings. The number of epoxide rings is 1. The van der Waals surface area contributed by atoms with Gasteiger partial charge in [-0.25, -0.2) is 0 Å². The van der Waals surface area contributed by atoms with Crippen LogP contribution < -0.4 is 5.32 Å². The summed E-state index contributed by atoms with van der Waals surface area (Å²) in [5.74, 6) is 0.660. The van der Waals surface area contributed by atoms with E-state index in [9.17, 15) is 4.79 Å². The predicted octanol–water partition coefficient (Wildman–Crippen LogP) is 6.57. The summed E-state index contributed by atoms with van der Waals surface area (Å²) in [4.78, 5) is 16.0. The van der Waals surface area contributed by atoms with Crippen molar-refractivity contribution in [2.45, 2.75) is 117 Å². The number of nitrogens with zero attached hydrogens (tertiary/aromatic N) is 1. The average molecular weight is 433 g/mol. The summed E-state index contributed by atoms with van der Waals surface area (Å²) in [5.41, 5.74) is 1.60. The summed E-state index contributed by atoms with van der Waals surface area (Å²) in [5, 5.41) is 3.56. The maximum Gasteiger partial charge on any atom is 0.254 e. The van der Waals surface area contributed by atoms with Crippen LogP contribution in [0.2, 0.25) is 0 Å². The number of unbranched alkanes of at least 4 members (excludes halogenated alkanes) is 1. The highest BCUT2D eigenvalue weighted by Crippen LogP contribution is 2.41. The first kappa shape index (κ1) is 25.9. The number of hydrogen-bond donors (Lipinski definition) is 1. The molecule has 2 fully saturated rings. The summed E-state index contributed by atoms with van der Waals surface area (Å²) < 4.78 is 6.17. The van der Waals surface area contributed by atoms with Crippen LogP contribution in [0.1, 0.15) is 104 Å². The standard InChI is InChI=1S/C25H40N2O2.C2H6.H2/c1-6-7-17-26-23-22(29-23)21(19-14-9-8-10-15-19)27(25(3,4)5)24(28)20-16-12-11-13-18(20)2;1-2;/h11-13,16,19,21-23,26H,6-10,14-15,17H2,1-5H3;1-2H3;1H. The molecule has 0 radical (unpaired) electrons. The minimum absolute atomic E-state index is 0. The van der Waals surface area contributed by atoms with Crippen LogP contribution in [0.4, 0.5) is 0 Å². The number of amides is 1. The lowest BCUT2D eigenvalue weighted by Crippen LogP contribution is -2.57. The molecule has 0 aromatic heterocycles. The molecule has 0 spiro atoms. The lowest BCUT2D eigenvalue weighted by Gasteiger charge is -2.46. The Balaban J connectivity index is 0.00000166. The molecule has 1 saturated carbocycles. The van der Waals surface area contributed by atoms with Crippen molar-refractivity contribution in [2.24, 2.45) is 5.92 Å². The highest BCUT2D eigenvalue weighted by molar-refractivity contribution is 5.96. The molecule has 1 saturated heterocycles. The van der Waals surface area contributed by atoms with Crippen LogP contribution in [0.15, 0.2) is 24.3 Å². The zero-order valence-electron chi connectivity index (χ0n) is 21.0. The van der Waals surface area contributed by atoms with Crippen molar-refractivity contribution in [3.05, 3.63) is 35.4 Å². The van der Waals surface area contributed by atoms with Gasteiger partial charge in [0.1, 0.15) is 12.3 Å². The molecule has 1 N–H and O–H groups in total. The van der Waals surface area contributed by atoms with Gasteiger partial charge in [0.15, 0.2) is 0 Å². The summed E-state index contributed by atoms with van der Waals surface area (Å²) in [6.07, 6.45) is 8.75. The van der Waals surface area contributed by atoms with E-state index < -0.39 is 0 Å². The van der Waals surface area contributed by atoms with E-state index in [1.54, 1.807) is 0 Å². The number of carbonyl (C=O) groups excluding carboxylic acids is 1. The summed E-state index contributed by atoms with van der Waals surface area (Å²) in [6, 6.07) is 8.11. The molecular weight excluding hydrogens is 384 g/mol. The van der Waals surface area contributed by atoms with E-state index in [1.165, 1.54) is 38.5 Å². The molecule has 4 heteroatoms. The third kappa shape index (κ3) is 6.79. The molecule has 1 aromatic carbocycles. The van der Waals surface area contributed by atoms with Crippen molar-refractivity contribution >= 4 is 5.91 Å². The van der Waals surface area contributed by atoms with E-state index >= 15 is 0 Å². The van der Waals surface area contributed by atoms with E-state index in [-0.39, 0.29) is 31.2 Å². The third-order valence-electron chi connectivity index (χ3n) is 6.49. The number of nitrogens with one attached hydrogen (secondary N) is 1. The first-order chi connectivity index (χ1) is 14.8. The molecule has 3 rings (SSSR count). The lowest BCUT2D eigenvalue weighted by molar-refractivity contribution is 0.0182. The first-order valence-corrected chi connectivity index (χ1v) is 12.6. The Morgan fingerprint density at radius 1 is 1.19 bits per heavy atom. The Kier molecular flexibility index (Phi) is 10.0. The van der Waals surface area contributed by atoms with Crippen molar-refractivity contribution in [2.75, 3.05) is 6.54 Å². The second kappa shape index (κ2) is 12.0. The third-order valence-corrected chi connectivity index (χ3v) is 6.49. The van der Waals surface area contributed by atoms with Gasteiger partial charge in [0, 0.05) is 12.5 Å². The van der Waals surface area contributed by atoms with Crippen LogP contribution in [0, 0.1) is 12.8 Å². The van der Waals surface area contributed by atoms with Crippen LogP contribution in [0.5, 0.6) is 0 Å². The van der Waals surface area contributed by atoms with Gasteiger partial charge in [0.2, 0.25) is 0 Å². The van der Waals surface area contributed by atoms with E-state index in [2.05, 4.69) is 37.9 Å². The van der Waals surface area contributed by atoms with E-state index in [0.717, 1.165) is 24.1 Å². The molecule has 2 aliphatic rings.